The molecule has 1 rings (SSSR count). The van der Waals surface area contributed by atoms with Gasteiger partial charge in [0.05, 0.1) is 0 Å². The Morgan fingerprint density at radius 2 is 2.25 bits per heavy atom. The maximum absolute atomic E-state index is 10.1. The zero-order chi connectivity index (χ0) is 8.97. The first-order valence-corrected chi connectivity index (χ1v) is 3.78. The molecule has 0 unspecified atom stereocenters. The second-order valence-corrected chi connectivity index (χ2v) is 2.63. The molecule has 0 atom stereocenters. The van der Waals surface area contributed by atoms with E-state index in [1.807, 2.05) is 0 Å². The van der Waals surface area contributed by atoms with Gasteiger partial charge in [0.25, 0.3) is 0 Å². The van der Waals surface area contributed by atoms with E-state index in [0.717, 1.165) is 5.56 Å². The van der Waals surface area contributed by atoms with Gasteiger partial charge < -0.3 is 5.32 Å². The molecule has 0 spiro atoms. The number of rotatable bonds is 3. The van der Waals surface area contributed by atoms with E-state index in [1.165, 1.54) is 0 Å². The molecule has 1 amide bonds. The Morgan fingerprint density at radius 3 is 2.83 bits per heavy atom. The van der Waals surface area contributed by atoms with E-state index in [-0.39, 0.29) is 0 Å². The Morgan fingerprint density at radius 1 is 1.50 bits per heavy atom. The van der Waals surface area contributed by atoms with Crippen LogP contribution in [-0.2, 0) is 4.79 Å². The molecule has 0 heterocycles. The molecule has 1 N–H and O–H groups in total. The van der Waals surface area contributed by atoms with E-state index in [2.05, 4.69) is 11.9 Å². The molecule has 1 aromatic carbocycles. The van der Waals surface area contributed by atoms with Gasteiger partial charge in [0.1, 0.15) is 0 Å². The summed E-state index contributed by atoms with van der Waals surface area (Å²) in [6.45, 7) is 3.60. The van der Waals surface area contributed by atoms with E-state index in [0.29, 0.717) is 17.1 Å². The largest absolute Gasteiger partial charge is 0.328 e. The summed E-state index contributed by atoms with van der Waals surface area (Å²) in [5.74, 6) is 0. The summed E-state index contributed by atoms with van der Waals surface area (Å²) in [7, 11) is 0. The Labute approximate surface area is 75.9 Å². The second-order valence-electron chi connectivity index (χ2n) is 2.20. The summed E-state index contributed by atoms with van der Waals surface area (Å²) in [6, 6.07) is 5.18. The van der Waals surface area contributed by atoms with E-state index in [9.17, 15) is 4.79 Å². The zero-order valence-electron chi connectivity index (χ0n) is 6.38. The minimum atomic E-state index is 0.621. The first-order valence-electron chi connectivity index (χ1n) is 3.40. The lowest BCUT2D eigenvalue weighted by molar-refractivity contribution is -0.105. The van der Waals surface area contributed by atoms with Gasteiger partial charge in [-0.1, -0.05) is 24.3 Å². The number of halogens is 1. The molecule has 0 fully saturated rings. The summed E-state index contributed by atoms with van der Waals surface area (Å²) in [6.07, 6.45) is 2.26. The fourth-order valence-electron chi connectivity index (χ4n) is 0.897. The van der Waals surface area contributed by atoms with Crippen LogP contribution in [0.5, 0.6) is 0 Å². The Bertz CT molecular complexity index is 309. The number of carbonyl (C=O) groups is 1. The highest BCUT2D eigenvalue weighted by Gasteiger charge is 1.97. The van der Waals surface area contributed by atoms with Crippen LogP contribution in [0.25, 0.3) is 6.08 Å². The van der Waals surface area contributed by atoms with Crippen LogP contribution in [0.15, 0.2) is 24.8 Å². The van der Waals surface area contributed by atoms with Crippen LogP contribution in [-0.4, -0.2) is 6.41 Å². The lowest BCUT2D eigenvalue weighted by Gasteiger charge is -2.03. The Hall–Kier alpha value is -1.28. The van der Waals surface area contributed by atoms with E-state index in [1.54, 1.807) is 24.3 Å². The van der Waals surface area contributed by atoms with Gasteiger partial charge >= 0.3 is 0 Å². The molecule has 0 saturated heterocycles. The first kappa shape index (κ1) is 8.81. The van der Waals surface area contributed by atoms with Crippen molar-refractivity contribution >= 4 is 29.8 Å². The predicted molar refractivity (Wildman–Crippen MR) is 51.2 cm³/mol. The van der Waals surface area contributed by atoms with Crippen LogP contribution < -0.4 is 5.32 Å². The van der Waals surface area contributed by atoms with Gasteiger partial charge in [0, 0.05) is 10.7 Å². The maximum atomic E-state index is 10.1. The van der Waals surface area contributed by atoms with Crippen molar-refractivity contribution in [2.45, 2.75) is 0 Å². The van der Waals surface area contributed by atoms with Gasteiger partial charge in [-0.05, 0) is 23.8 Å². The Kier molecular flexibility index (Phi) is 2.88. The standard InChI is InChI=1S/C9H8ClNO/c1-2-7-5-8(10)3-4-9(7)11-6-12/h2-6H,1H2,(H,11,12). The molecule has 12 heavy (non-hydrogen) atoms. The summed E-state index contributed by atoms with van der Waals surface area (Å²) >= 11 is 5.73. The molecule has 3 heteroatoms. The summed E-state index contributed by atoms with van der Waals surface area (Å²) in [5.41, 5.74) is 1.53. The van der Waals surface area contributed by atoms with Crippen molar-refractivity contribution in [3.8, 4) is 0 Å². The fraction of sp³-hybridized carbons (Fsp3) is 0. The van der Waals surface area contributed by atoms with Gasteiger partial charge in [0.2, 0.25) is 6.41 Å². The molecule has 0 bridgehead atoms. The number of amides is 1. The lowest BCUT2D eigenvalue weighted by atomic mass is 10.2. The Balaban J connectivity index is 3.10. The molecule has 0 aliphatic rings. The molecule has 0 radical (unpaired) electrons. The highest BCUT2D eigenvalue weighted by atomic mass is 35.5. The van der Waals surface area contributed by atoms with Crippen LogP contribution in [0.3, 0.4) is 0 Å². The summed E-state index contributed by atoms with van der Waals surface area (Å²) in [5, 5.41) is 3.17. The predicted octanol–water partition coefficient (Wildman–Crippen LogP) is 2.55. The minimum absolute atomic E-state index is 0.621. The third kappa shape index (κ3) is 1.86. The number of anilines is 1. The normalized spacial score (nSPS) is 9.08. The van der Waals surface area contributed by atoms with Crippen molar-refractivity contribution in [3.05, 3.63) is 35.4 Å². The van der Waals surface area contributed by atoms with Gasteiger partial charge in [-0.3, -0.25) is 4.79 Å². The number of carbonyl (C=O) groups excluding carboxylic acids is 1. The topological polar surface area (TPSA) is 29.1 Å². The van der Waals surface area contributed by atoms with Crippen molar-refractivity contribution < 1.29 is 4.79 Å². The molecular formula is C9H8ClNO. The highest BCUT2D eigenvalue weighted by molar-refractivity contribution is 6.30. The third-order valence-electron chi connectivity index (χ3n) is 1.45. The average Bonchev–Trinajstić information content (AvgIpc) is 2.08. The average molecular weight is 182 g/mol. The van der Waals surface area contributed by atoms with Gasteiger partial charge in [0.15, 0.2) is 0 Å². The molecule has 1 aromatic rings. The molecule has 62 valence electrons. The van der Waals surface area contributed by atoms with Gasteiger partial charge in [-0.15, -0.1) is 0 Å². The summed E-state index contributed by atoms with van der Waals surface area (Å²) in [4.78, 5) is 10.1. The number of hydrogen-bond donors (Lipinski definition) is 1. The van der Waals surface area contributed by atoms with Gasteiger partial charge in [-0.2, -0.15) is 0 Å². The quantitative estimate of drug-likeness (QED) is 0.714. The fourth-order valence-corrected chi connectivity index (χ4v) is 1.08. The van der Waals surface area contributed by atoms with Crippen molar-refractivity contribution in [1.82, 2.24) is 0 Å². The van der Waals surface area contributed by atoms with Crippen LogP contribution in [0.4, 0.5) is 5.69 Å². The van der Waals surface area contributed by atoms with E-state index < -0.39 is 0 Å². The third-order valence-corrected chi connectivity index (χ3v) is 1.68. The molecule has 0 aliphatic heterocycles. The van der Waals surface area contributed by atoms with Crippen molar-refractivity contribution in [1.29, 1.82) is 0 Å². The number of hydrogen-bond acceptors (Lipinski definition) is 1. The molecular weight excluding hydrogens is 174 g/mol. The number of nitrogens with one attached hydrogen (secondary N) is 1. The minimum Gasteiger partial charge on any atom is -0.328 e. The van der Waals surface area contributed by atoms with Crippen molar-refractivity contribution in [2.75, 3.05) is 5.32 Å². The zero-order valence-corrected chi connectivity index (χ0v) is 7.14. The lowest BCUT2D eigenvalue weighted by Crippen LogP contribution is -1.95. The summed E-state index contributed by atoms with van der Waals surface area (Å²) < 4.78 is 0. The highest BCUT2D eigenvalue weighted by Crippen LogP contribution is 2.20. The van der Waals surface area contributed by atoms with Crippen LogP contribution in [0, 0.1) is 0 Å². The van der Waals surface area contributed by atoms with Crippen molar-refractivity contribution in [2.24, 2.45) is 0 Å². The van der Waals surface area contributed by atoms with E-state index >= 15 is 0 Å². The smallest absolute Gasteiger partial charge is 0.211 e. The van der Waals surface area contributed by atoms with Crippen LogP contribution in [0.1, 0.15) is 5.56 Å². The monoisotopic (exact) mass is 181 g/mol. The molecule has 0 saturated carbocycles. The maximum Gasteiger partial charge on any atom is 0.211 e. The number of benzene rings is 1. The molecule has 2 nitrogen and oxygen atoms in total. The first-order chi connectivity index (χ1) is 5.77. The molecule has 0 aliphatic carbocycles. The van der Waals surface area contributed by atoms with Crippen molar-refractivity contribution in [3.63, 3.8) is 0 Å². The van der Waals surface area contributed by atoms with Gasteiger partial charge in [-0.25, -0.2) is 0 Å². The molecule has 0 aromatic heterocycles. The van der Waals surface area contributed by atoms with Crippen LogP contribution in [0.2, 0.25) is 5.02 Å². The van der Waals surface area contributed by atoms with E-state index in [4.69, 9.17) is 11.6 Å². The van der Waals surface area contributed by atoms with Crippen LogP contribution >= 0.6 is 11.6 Å². The SMILES string of the molecule is C=Cc1cc(Cl)ccc1NC=O. The second kappa shape index (κ2) is 3.93.